The van der Waals surface area contributed by atoms with Crippen LogP contribution < -0.4 is 5.32 Å². The molecule has 0 unspecified atom stereocenters. The molecule has 7 nitrogen and oxygen atoms in total. The second kappa shape index (κ2) is 8.90. The van der Waals surface area contributed by atoms with Crippen LogP contribution in [0.25, 0.3) is 5.57 Å². The summed E-state index contributed by atoms with van der Waals surface area (Å²) in [7, 11) is 1.25. The maximum absolute atomic E-state index is 13.2. The third kappa shape index (κ3) is 4.75. The van der Waals surface area contributed by atoms with Crippen molar-refractivity contribution in [3.8, 4) is 0 Å². The van der Waals surface area contributed by atoms with Crippen molar-refractivity contribution in [2.75, 3.05) is 13.7 Å². The van der Waals surface area contributed by atoms with Crippen molar-refractivity contribution < 1.29 is 19.1 Å². The number of aliphatic imine (C=N–C) groups is 1. The van der Waals surface area contributed by atoms with E-state index in [4.69, 9.17) is 0 Å². The minimum absolute atomic E-state index is 0.0104. The fourth-order valence-corrected chi connectivity index (χ4v) is 3.85. The molecule has 1 N–H and O–H groups in total. The number of rotatable bonds is 5. The third-order valence-electron chi connectivity index (χ3n) is 5.18. The number of methoxy groups -OCH3 is 1. The first-order valence-corrected chi connectivity index (χ1v) is 10.3. The van der Waals surface area contributed by atoms with Gasteiger partial charge in [0.2, 0.25) is 5.91 Å². The lowest BCUT2D eigenvalue weighted by molar-refractivity contribution is -0.135. The number of hydrogen-bond acceptors (Lipinski definition) is 5. The van der Waals surface area contributed by atoms with Crippen molar-refractivity contribution in [1.82, 2.24) is 10.2 Å². The first kappa shape index (κ1) is 21.2. The summed E-state index contributed by atoms with van der Waals surface area (Å²) in [6, 6.07) is 6.79. The van der Waals surface area contributed by atoms with Gasteiger partial charge in [0.05, 0.1) is 19.7 Å². The topological polar surface area (TPSA) is 88.1 Å². The van der Waals surface area contributed by atoms with Gasteiger partial charge in [-0.1, -0.05) is 41.9 Å². The Bertz CT molecular complexity index is 876. The summed E-state index contributed by atoms with van der Waals surface area (Å²) in [5.74, 6) is -0.454. The Kier molecular flexibility index (Phi) is 6.52. The second-order valence-electron chi connectivity index (χ2n) is 7.54. The highest BCUT2D eigenvalue weighted by Crippen LogP contribution is 2.30. The molecule has 0 bridgehead atoms. The van der Waals surface area contributed by atoms with Gasteiger partial charge in [0.15, 0.2) is 5.78 Å². The number of nitrogens with one attached hydrogen (secondary N) is 1. The molecule has 0 aromatic heterocycles. The molecule has 154 valence electrons. The van der Waals surface area contributed by atoms with E-state index in [0.29, 0.717) is 6.42 Å². The quantitative estimate of drug-likeness (QED) is 0.728. The molecule has 0 aliphatic carbocycles. The lowest BCUT2D eigenvalue weighted by Crippen LogP contribution is -2.53. The first-order chi connectivity index (χ1) is 13.8. The number of amides is 2. The molecular weight excluding hydrogens is 438 g/mol. The van der Waals surface area contributed by atoms with Gasteiger partial charge in [-0.2, -0.15) is 0 Å². The van der Waals surface area contributed by atoms with Gasteiger partial charge in [-0.3, -0.25) is 14.6 Å². The highest BCUT2D eigenvalue weighted by molar-refractivity contribution is 9.10. The van der Waals surface area contributed by atoms with E-state index >= 15 is 0 Å². The summed E-state index contributed by atoms with van der Waals surface area (Å²) in [6.45, 7) is 3.71. The van der Waals surface area contributed by atoms with Crippen molar-refractivity contribution in [3.63, 3.8) is 0 Å². The van der Waals surface area contributed by atoms with E-state index in [0.717, 1.165) is 21.3 Å². The molecule has 29 heavy (non-hydrogen) atoms. The van der Waals surface area contributed by atoms with Gasteiger partial charge in [0.25, 0.3) is 0 Å². The van der Waals surface area contributed by atoms with Crippen LogP contribution in [-0.2, 0) is 14.3 Å². The van der Waals surface area contributed by atoms with E-state index < -0.39 is 12.1 Å². The molecule has 2 amide bonds. The van der Waals surface area contributed by atoms with E-state index in [-0.39, 0.29) is 36.6 Å². The summed E-state index contributed by atoms with van der Waals surface area (Å²) in [5.41, 5.74) is 2.90. The number of ether oxygens (including phenoxy) is 1. The molecule has 2 aliphatic rings. The van der Waals surface area contributed by atoms with Crippen molar-refractivity contribution in [1.29, 1.82) is 0 Å². The normalized spacial score (nSPS) is 19.8. The number of nitrogens with zero attached hydrogens (tertiary/aromatic N) is 2. The summed E-state index contributed by atoms with van der Waals surface area (Å²) in [4.78, 5) is 43.1. The van der Waals surface area contributed by atoms with Crippen molar-refractivity contribution in [2.24, 2.45) is 10.9 Å². The second-order valence-corrected chi connectivity index (χ2v) is 8.46. The average Bonchev–Trinajstić information content (AvgIpc) is 3.32. The number of carbonyl (C=O) groups is 3. The number of benzene rings is 1. The minimum atomic E-state index is -0.767. The summed E-state index contributed by atoms with van der Waals surface area (Å²) < 4.78 is 5.64. The van der Waals surface area contributed by atoms with Crippen LogP contribution >= 0.6 is 15.9 Å². The van der Waals surface area contributed by atoms with Crippen LogP contribution in [-0.4, -0.2) is 54.1 Å². The molecular formula is C21H24BrN3O4. The van der Waals surface area contributed by atoms with E-state index in [1.165, 1.54) is 7.11 Å². The average molecular weight is 462 g/mol. The molecule has 1 saturated heterocycles. The molecule has 3 rings (SSSR count). The molecule has 1 aromatic carbocycles. The summed E-state index contributed by atoms with van der Waals surface area (Å²) >= 11 is 3.43. The SMILES string of the molecule is COC(=O)N[C@H](C(=O)N1CC(=O)C[C@H]1C1=NC=C(c2ccc(Br)cc2)C1)C(C)C. The molecule has 0 radical (unpaired) electrons. The van der Waals surface area contributed by atoms with E-state index in [1.807, 2.05) is 38.1 Å². The predicted octanol–water partition coefficient (Wildman–Crippen LogP) is 3.19. The number of likely N-dealkylation sites (tertiary alicyclic amines) is 1. The monoisotopic (exact) mass is 461 g/mol. The molecule has 2 aliphatic heterocycles. The fourth-order valence-electron chi connectivity index (χ4n) is 3.59. The smallest absolute Gasteiger partial charge is 0.407 e. The van der Waals surface area contributed by atoms with E-state index in [1.54, 1.807) is 11.1 Å². The third-order valence-corrected chi connectivity index (χ3v) is 5.70. The molecule has 8 heteroatoms. The number of allylic oxidation sites excluding steroid dienone is 1. The molecule has 1 aromatic rings. The van der Waals surface area contributed by atoms with Gasteiger partial charge in [0, 0.05) is 29.2 Å². The number of alkyl carbamates (subject to hydrolysis) is 1. The Morgan fingerprint density at radius 2 is 1.97 bits per heavy atom. The molecule has 1 fully saturated rings. The maximum atomic E-state index is 13.2. The van der Waals surface area contributed by atoms with E-state index in [9.17, 15) is 14.4 Å². The van der Waals surface area contributed by atoms with Crippen LogP contribution in [0.15, 0.2) is 39.9 Å². The van der Waals surface area contributed by atoms with Gasteiger partial charge in [-0.25, -0.2) is 4.79 Å². The number of ketones is 1. The lowest BCUT2D eigenvalue weighted by Gasteiger charge is -2.30. The summed E-state index contributed by atoms with van der Waals surface area (Å²) in [6.07, 6.45) is 1.96. The number of Topliss-reactive ketones (excluding diaryl/α,β-unsaturated/α-hetero) is 1. The van der Waals surface area contributed by atoms with Gasteiger partial charge < -0.3 is 15.0 Å². The van der Waals surface area contributed by atoms with Crippen LogP contribution in [0.3, 0.4) is 0 Å². The minimum Gasteiger partial charge on any atom is -0.453 e. The zero-order valence-corrected chi connectivity index (χ0v) is 18.2. The standard InChI is InChI=1S/C21H24BrN3O4/c1-12(2)19(24-21(28)29-3)20(27)25-11-16(26)9-18(25)17-8-14(10-23-17)13-4-6-15(22)7-5-13/h4-7,10,12,18-19H,8-9,11H2,1-3H3,(H,24,28)/t18-,19-/m0/s1. The Morgan fingerprint density at radius 3 is 2.59 bits per heavy atom. The zero-order chi connectivity index (χ0) is 21.1. The van der Waals surface area contributed by atoms with Crippen LogP contribution in [0, 0.1) is 5.92 Å². The predicted molar refractivity (Wildman–Crippen MR) is 113 cm³/mol. The highest BCUT2D eigenvalue weighted by Gasteiger charge is 2.41. The number of hydrogen-bond donors (Lipinski definition) is 1. The van der Waals surface area contributed by atoms with Crippen molar-refractivity contribution in [3.05, 3.63) is 40.5 Å². The summed E-state index contributed by atoms with van der Waals surface area (Å²) in [5, 5.41) is 2.59. The zero-order valence-electron chi connectivity index (χ0n) is 16.6. The fraction of sp³-hybridized carbons (Fsp3) is 0.429. The first-order valence-electron chi connectivity index (χ1n) is 9.48. The van der Waals surface area contributed by atoms with Crippen molar-refractivity contribution in [2.45, 2.75) is 38.8 Å². The molecule has 2 heterocycles. The number of carbonyl (C=O) groups excluding carboxylic acids is 3. The molecule has 2 atom stereocenters. The Hall–Kier alpha value is -2.48. The van der Waals surface area contributed by atoms with Gasteiger partial charge in [-0.05, 0) is 29.2 Å². The number of halogens is 1. The van der Waals surface area contributed by atoms with Gasteiger partial charge >= 0.3 is 6.09 Å². The maximum Gasteiger partial charge on any atom is 0.407 e. The Morgan fingerprint density at radius 1 is 1.28 bits per heavy atom. The van der Waals surface area contributed by atoms with Gasteiger partial charge in [-0.15, -0.1) is 0 Å². The Balaban J connectivity index is 1.75. The van der Waals surface area contributed by atoms with E-state index in [2.05, 4.69) is 31.0 Å². The van der Waals surface area contributed by atoms with Crippen molar-refractivity contribution >= 4 is 45.0 Å². The largest absolute Gasteiger partial charge is 0.453 e. The molecule has 0 spiro atoms. The van der Waals surface area contributed by atoms with Crippen LogP contribution in [0.2, 0.25) is 0 Å². The van der Waals surface area contributed by atoms with Crippen LogP contribution in [0.1, 0.15) is 32.3 Å². The van der Waals surface area contributed by atoms with Crippen LogP contribution in [0.4, 0.5) is 4.79 Å². The molecule has 0 saturated carbocycles. The Labute approximate surface area is 178 Å². The lowest BCUT2D eigenvalue weighted by atomic mass is 9.97. The van der Waals surface area contributed by atoms with Gasteiger partial charge in [0.1, 0.15) is 6.04 Å². The van der Waals surface area contributed by atoms with Crippen LogP contribution in [0.5, 0.6) is 0 Å². The highest BCUT2D eigenvalue weighted by atomic mass is 79.9.